The van der Waals surface area contributed by atoms with Crippen LogP contribution in [0, 0.1) is 5.92 Å². The molecule has 0 saturated heterocycles. The fraction of sp³-hybridized carbons (Fsp3) is 0.769. The first-order valence-corrected chi connectivity index (χ1v) is 6.13. The Balaban J connectivity index is 2.25. The van der Waals surface area contributed by atoms with E-state index < -0.39 is 0 Å². The highest BCUT2D eigenvalue weighted by Gasteiger charge is 2.20. The first-order valence-electron chi connectivity index (χ1n) is 6.13. The zero-order valence-corrected chi connectivity index (χ0v) is 10.6. The Hall–Kier alpha value is -0.830. The second kappa shape index (κ2) is 6.69. The molecule has 0 amide bonds. The normalized spacial score (nSPS) is 19.8. The van der Waals surface area contributed by atoms with E-state index in [-0.39, 0.29) is 5.97 Å². The Morgan fingerprint density at radius 3 is 2.69 bits per heavy atom. The van der Waals surface area contributed by atoms with Crippen LogP contribution in [0.2, 0.25) is 0 Å². The zero-order valence-electron chi connectivity index (χ0n) is 10.6. The van der Waals surface area contributed by atoms with Crippen molar-refractivity contribution in [1.82, 2.24) is 5.32 Å². The van der Waals surface area contributed by atoms with Crippen molar-refractivity contribution >= 4 is 5.97 Å². The number of hydrogen-bond acceptors (Lipinski definition) is 3. The van der Waals surface area contributed by atoms with Crippen LogP contribution in [-0.2, 0) is 9.53 Å². The summed E-state index contributed by atoms with van der Waals surface area (Å²) in [5.74, 6) is 0.571. The van der Waals surface area contributed by atoms with Gasteiger partial charge in [0.05, 0.1) is 7.11 Å². The van der Waals surface area contributed by atoms with Crippen LogP contribution in [0.5, 0.6) is 0 Å². The third-order valence-corrected chi connectivity index (χ3v) is 3.46. The average Bonchev–Trinajstić information content (AvgIpc) is 2.81. The maximum absolute atomic E-state index is 11.1. The van der Waals surface area contributed by atoms with Gasteiger partial charge in [-0.3, -0.25) is 0 Å². The molecule has 1 fully saturated rings. The molecule has 0 radical (unpaired) electrons. The molecule has 0 bridgehead atoms. The van der Waals surface area contributed by atoms with E-state index in [9.17, 15) is 4.79 Å². The third kappa shape index (κ3) is 3.97. The number of carbonyl (C=O) groups excluding carboxylic acids is 1. The topological polar surface area (TPSA) is 38.3 Å². The molecule has 0 aliphatic heterocycles. The van der Waals surface area contributed by atoms with Crippen molar-refractivity contribution in [2.75, 3.05) is 13.7 Å². The van der Waals surface area contributed by atoms with E-state index in [0.717, 1.165) is 12.5 Å². The van der Waals surface area contributed by atoms with Crippen molar-refractivity contribution in [3.8, 4) is 0 Å². The minimum Gasteiger partial charge on any atom is -0.466 e. The van der Waals surface area contributed by atoms with Crippen LogP contribution in [0.25, 0.3) is 0 Å². The van der Waals surface area contributed by atoms with Gasteiger partial charge in [-0.1, -0.05) is 18.9 Å². The van der Waals surface area contributed by atoms with Crippen LogP contribution < -0.4 is 5.32 Å². The molecule has 1 aliphatic rings. The SMILES string of the molecule is COC(=O)C(C)=CCN[C@H](C)C1CCCC1. The van der Waals surface area contributed by atoms with Gasteiger partial charge in [-0.05, 0) is 32.6 Å². The fourth-order valence-electron chi connectivity index (χ4n) is 2.27. The largest absolute Gasteiger partial charge is 0.466 e. The molecule has 1 rings (SSSR count). The van der Waals surface area contributed by atoms with E-state index in [2.05, 4.69) is 17.0 Å². The van der Waals surface area contributed by atoms with Gasteiger partial charge in [0.2, 0.25) is 0 Å². The van der Waals surface area contributed by atoms with Crippen molar-refractivity contribution in [1.29, 1.82) is 0 Å². The number of esters is 1. The zero-order chi connectivity index (χ0) is 12.0. The number of hydrogen-bond donors (Lipinski definition) is 1. The smallest absolute Gasteiger partial charge is 0.333 e. The Kier molecular flexibility index (Phi) is 5.53. The number of rotatable bonds is 5. The van der Waals surface area contributed by atoms with Crippen LogP contribution in [0.15, 0.2) is 11.6 Å². The predicted molar refractivity (Wildman–Crippen MR) is 65.2 cm³/mol. The van der Waals surface area contributed by atoms with Crippen molar-refractivity contribution in [3.63, 3.8) is 0 Å². The molecule has 0 aromatic carbocycles. The highest BCUT2D eigenvalue weighted by Crippen LogP contribution is 2.27. The van der Waals surface area contributed by atoms with E-state index in [1.807, 2.05) is 6.08 Å². The Labute approximate surface area is 98.2 Å². The Morgan fingerprint density at radius 1 is 1.50 bits per heavy atom. The summed E-state index contributed by atoms with van der Waals surface area (Å²) in [6.45, 7) is 4.77. The molecule has 1 atom stereocenters. The van der Waals surface area contributed by atoms with Crippen LogP contribution in [0.1, 0.15) is 39.5 Å². The summed E-state index contributed by atoms with van der Waals surface area (Å²) in [6, 6.07) is 0.546. The second-order valence-electron chi connectivity index (χ2n) is 4.62. The van der Waals surface area contributed by atoms with Crippen molar-refractivity contribution in [3.05, 3.63) is 11.6 Å². The van der Waals surface area contributed by atoms with Crippen molar-refractivity contribution in [2.24, 2.45) is 5.92 Å². The minimum atomic E-state index is -0.240. The van der Waals surface area contributed by atoms with Gasteiger partial charge < -0.3 is 10.1 Å². The van der Waals surface area contributed by atoms with Crippen LogP contribution >= 0.6 is 0 Å². The lowest BCUT2D eigenvalue weighted by Crippen LogP contribution is -2.32. The van der Waals surface area contributed by atoms with Gasteiger partial charge in [0, 0.05) is 18.2 Å². The third-order valence-electron chi connectivity index (χ3n) is 3.46. The molecule has 16 heavy (non-hydrogen) atoms. The first kappa shape index (κ1) is 13.2. The van der Waals surface area contributed by atoms with E-state index >= 15 is 0 Å². The standard InChI is InChI=1S/C13H23NO2/c1-10(13(15)16-3)8-9-14-11(2)12-6-4-5-7-12/h8,11-12,14H,4-7,9H2,1-3H3/t11-/m1/s1. The number of methoxy groups -OCH3 is 1. The number of carbonyl (C=O) groups is 1. The summed E-state index contributed by atoms with van der Waals surface area (Å²) in [4.78, 5) is 11.1. The summed E-state index contributed by atoms with van der Waals surface area (Å²) in [5.41, 5.74) is 0.675. The average molecular weight is 225 g/mol. The first-order chi connectivity index (χ1) is 7.65. The Bertz CT molecular complexity index is 255. The van der Waals surface area contributed by atoms with Gasteiger partial charge in [0.1, 0.15) is 0 Å². The Morgan fingerprint density at radius 2 is 2.12 bits per heavy atom. The quantitative estimate of drug-likeness (QED) is 0.576. The van der Waals surface area contributed by atoms with E-state index in [0.29, 0.717) is 11.6 Å². The van der Waals surface area contributed by atoms with E-state index in [1.54, 1.807) is 6.92 Å². The van der Waals surface area contributed by atoms with Crippen molar-refractivity contribution in [2.45, 2.75) is 45.6 Å². The van der Waals surface area contributed by atoms with Crippen LogP contribution in [0.3, 0.4) is 0 Å². The molecule has 1 aliphatic carbocycles. The lowest BCUT2D eigenvalue weighted by molar-refractivity contribution is -0.136. The van der Waals surface area contributed by atoms with Gasteiger partial charge in [0.25, 0.3) is 0 Å². The maximum atomic E-state index is 11.1. The van der Waals surface area contributed by atoms with Gasteiger partial charge >= 0.3 is 5.97 Å². The lowest BCUT2D eigenvalue weighted by atomic mass is 10.00. The molecule has 0 unspecified atom stereocenters. The molecule has 0 aromatic rings. The lowest BCUT2D eigenvalue weighted by Gasteiger charge is -2.19. The summed E-state index contributed by atoms with van der Waals surface area (Å²) >= 11 is 0. The number of ether oxygens (including phenoxy) is 1. The molecule has 1 saturated carbocycles. The second-order valence-corrected chi connectivity index (χ2v) is 4.62. The highest BCUT2D eigenvalue weighted by atomic mass is 16.5. The molecule has 0 heterocycles. The molecular weight excluding hydrogens is 202 g/mol. The fourth-order valence-corrected chi connectivity index (χ4v) is 2.27. The summed E-state index contributed by atoms with van der Waals surface area (Å²) in [6.07, 6.45) is 7.32. The van der Waals surface area contributed by atoms with Crippen LogP contribution in [0.4, 0.5) is 0 Å². The van der Waals surface area contributed by atoms with Gasteiger partial charge in [-0.2, -0.15) is 0 Å². The van der Waals surface area contributed by atoms with Gasteiger partial charge in [-0.25, -0.2) is 4.79 Å². The summed E-state index contributed by atoms with van der Waals surface area (Å²) < 4.78 is 4.63. The molecule has 0 aromatic heterocycles. The summed E-state index contributed by atoms with van der Waals surface area (Å²) in [7, 11) is 1.41. The number of nitrogens with one attached hydrogen (secondary N) is 1. The molecule has 92 valence electrons. The predicted octanol–water partition coefficient (Wildman–Crippen LogP) is 2.27. The summed E-state index contributed by atoms with van der Waals surface area (Å²) in [5, 5.41) is 3.45. The van der Waals surface area contributed by atoms with Gasteiger partial charge in [-0.15, -0.1) is 0 Å². The molecule has 1 N–H and O–H groups in total. The van der Waals surface area contributed by atoms with E-state index in [4.69, 9.17) is 0 Å². The monoisotopic (exact) mass is 225 g/mol. The minimum absolute atomic E-state index is 0.240. The molecule has 3 nitrogen and oxygen atoms in total. The van der Waals surface area contributed by atoms with E-state index in [1.165, 1.54) is 32.8 Å². The maximum Gasteiger partial charge on any atom is 0.333 e. The van der Waals surface area contributed by atoms with Gasteiger partial charge in [0.15, 0.2) is 0 Å². The van der Waals surface area contributed by atoms with Crippen molar-refractivity contribution < 1.29 is 9.53 Å². The van der Waals surface area contributed by atoms with Crippen LogP contribution in [-0.4, -0.2) is 25.7 Å². The molecule has 0 spiro atoms. The highest BCUT2D eigenvalue weighted by molar-refractivity contribution is 5.87. The molecular formula is C13H23NO2. The molecule has 3 heteroatoms.